The molecule has 1 aliphatic rings. The number of carbonyl (C=O) groups is 3. The number of hydrogen-bond donors (Lipinski definition) is 0. The van der Waals surface area contributed by atoms with E-state index in [-0.39, 0.29) is 35.6 Å². The first kappa shape index (κ1) is 17.4. The summed E-state index contributed by atoms with van der Waals surface area (Å²) in [5, 5.41) is 0. The number of thioether (sulfide) groups is 1. The molecule has 118 valence electrons. The second kappa shape index (κ2) is 6.67. The molecule has 0 spiro atoms. The van der Waals surface area contributed by atoms with Gasteiger partial charge in [0.25, 0.3) is 0 Å². The molecule has 1 aromatic carbocycles. The van der Waals surface area contributed by atoms with Crippen LogP contribution in [0.15, 0.2) is 22.7 Å². The molecule has 3 nitrogen and oxygen atoms in total. The Labute approximate surface area is 143 Å². The van der Waals surface area contributed by atoms with Crippen LogP contribution in [-0.4, -0.2) is 23.6 Å². The minimum Gasteiger partial charge on any atom is -0.298 e. The molecule has 22 heavy (non-hydrogen) atoms. The molecule has 0 atom stereocenters. The van der Waals surface area contributed by atoms with E-state index in [0.29, 0.717) is 11.3 Å². The van der Waals surface area contributed by atoms with Gasteiger partial charge >= 0.3 is 0 Å². The number of benzene rings is 1. The van der Waals surface area contributed by atoms with Crippen LogP contribution in [0, 0.1) is 11.3 Å². The van der Waals surface area contributed by atoms with Gasteiger partial charge in [-0.05, 0) is 35.4 Å². The summed E-state index contributed by atoms with van der Waals surface area (Å²) in [6.45, 7) is 3.78. The van der Waals surface area contributed by atoms with Gasteiger partial charge in [-0.15, -0.1) is 0 Å². The van der Waals surface area contributed by atoms with Crippen LogP contribution in [0.25, 0.3) is 0 Å². The number of ketones is 3. The number of rotatable bonds is 4. The second-order valence-electron chi connectivity index (χ2n) is 6.48. The Morgan fingerprint density at radius 2 is 1.86 bits per heavy atom. The molecule has 0 heterocycles. The maximum Gasteiger partial charge on any atom is 0.181 e. The average molecular weight is 383 g/mol. The molecule has 0 amide bonds. The normalized spacial score (nSPS) is 18.5. The van der Waals surface area contributed by atoms with Crippen LogP contribution in [0.4, 0.5) is 0 Å². The Balaban J connectivity index is 2.36. The smallest absolute Gasteiger partial charge is 0.181 e. The highest BCUT2D eigenvalue weighted by molar-refractivity contribution is 9.10. The van der Waals surface area contributed by atoms with Crippen molar-refractivity contribution in [2.45, 2.75) is 32.4 Å². The Hall–Kier alpha value is -0.940. The fourth-order valence-electron chi connectivity index (χ4n) is 2.92. The first-order valence-corrected chi connectivity index (χ1v) is 9.31. The quantitative estimate of drug-likeness (QED) is 0.581. The molecular weight excluding hydrogens is 364 g/mol. The van der Waals surface area contributed by atoms with Gasteiger partial charge in [-0.2, -0.15) is 11.8 Å². The van der Waals surface area contributed by atoms with Gasteiger partial charge in [0.15, 0.2) is 17.3 Å². The van der Waals surface area contributed by atoms with E-state index in [1.807, 2.05) is 26.2 Å². The molecule has 1 saturated carbocycles. The van der Waals surface area contributed by atoms with Gasteiger partial charge in [-0.1, -0.05) is 29.8 Å². The van der Waals surface area contributed by atoms with Crippen molar-refractivity contribution in [1.82, 2.24) is 0 Å². The molecule has 0 N–H and O–H groups in total. The lowest BCUT2D eigenvalue weighted by Crippen LogP contribution is -2.42. The number of halogens is 1. The first-order chi connectivity index (χ1) is 10.2. The van der Waals surface area contributed by atoms with Crippen LogP contribution in [0.2, 0.25) is 0 Å². The predicted molar refractivity (Wildman–Crippen MR) is 92.2 cm³/mol. The van der Waals surface area contributed by atoms with Crippen molar-refractivity contribution in [2.24, 2.45) is 11.3 Å². The zero-order chi connectivity index (χ0) is 16.5. The lowest BCUT2D eigenvalue weighted by atomic mass is 9.69. The van der Waals surface area contributed by atoms with Gasteiger partial charge < -0.3 is 0 Å². The summed E-state index contributed by atoms with van der Waals surface area (Å²) in [6.07, 6.45) is 2.52. The largest absolute Gasteiger partial charge is 0.298 e. The lowest BCUT2D eigenvalue weighted by Gasteiger charge is -2.31. The SMILES string of the molecule is CSCc1cc(Br)ccc1C(=O)C1C(=O)CC(C)(C)CC1=O. The minimum absolute atomic E-state index is 0.246. The molecule has 1 aliphatic carbocycles. The maximum atomic E-state index is 12.8. The van der Waals surface area contributed by atoms with Gasteiger partial charge in [0, 0.05) is 28.6 Å². The third-order valence-electron chi connectivity index (χ3n) is 3.84. The fourth-order valence-corrected chi connectivity index (χ4v) is 3.87. The molecule has 0 saturated heterocycles. The van der Waals surface area contributed by atoms with E-state index in [9.17, 15) is 14.4 Å². The summed E-state index contributed by atoms with van der Waals surface area (Å²) in [6, 6.07) is 5.36. The van der Waals surface area contributed by atoms with Gasteiger partial charge in [-0.25, -0.2) is 0 Å². The molecule has 5 heteroatoms. The van der Waals surface area contributed by atoms with Crippen molar-refractivity contribution >= 4 is 45.0 Å². The molecule has 0 unspecified atom stereocenters. The van der Waals surface area contributed by atoms with Gasteiger partial charge in [-0.3, -0.25) is 14.4 Å². The van der Waals surface area contributed by atoms with Gasteiger partial charge in [0.05, 0.1) is 0 Å². The van der Waals surface area contributed by atoms with Crippen molar-refractivity contribution in [3.63, 3.8) is 0 Å². The Bertz CT molecular complexity index is 617. The van der Waals surface area contributed by atoms with Crippen LogP contribution in [0.5, 0.6) is 0 Å². The second-order valence-corrected chi connectivity index (χ2v) is 8.26. The zero-order valence-corrected chi connectivity index (χ0v) is 15.3. The van der Waals surface area contributed by atoms with E-state index in [4.69, 9.17) is 0 Å². The third kappa shape index (κ3) is 3.69. The molecule has 2 rings (SSSR count). The topological polar surface area (TPSA) is 51.2 Å². The van der Waals surface area contributed by atoms with Crippen LogP contribution < -0.4 is 0 Å². The van der Waals surface area contributed by atoms with Crippen LogP contribution in [0.3, 0.4) is 0 Å². The third-order valence-corrected chi connectivity index (χ3v) is 4.94. The molecular formula is C17H19BrO3S. The summed E-state index contributed by atoms with van der Waals surface area (Å²) < 4.78 is 0.885. The molecule has 0 aliphatic heterocycles. The summed E-state index contributed by atoms with van der Waals surface area (Å²) in [7, 11) is 0. The molecule has 0 bridgehead atoms. The Kier molecular flexibility index (Phi) is 5.28. The van der Waals surface area contributed by atoms with Crippen LogP contribution in [0.1, 0.15) is 42.6 Å². The summed E-state index contributed by atoms with van der Waals surface area (Å²) in [5.74, 6) is -1.29. The van der Waals surface area contributed by atoms with E-state index >= 15 is 0 Å². The zero-order valence-electron chi connectivity index (χ0n) is 12.9. The molecule has 0 radical (unpaired) electrons. The highest BCUT2D eigenvalue weighted by Gasteiger charge is 2.43. The van der Waals surface area contributed by atoms with E-state index in [1.54, 1.807) is 23.9 Å². The first-order valence-electron chi connectivity index (χ1n) is 7.12. The highest BCUT2D eigenvalue weighted by Crippen LogP contribution is 2.35. The summed E-state index contributed by atoms with van der Waals surface area (Å²) in [5.41, 5.74) is 1.01. The maximum absolute atomic E-state index is 12.8. The number of Topliss-reactive ketones (excluding diaryl/α,β-unsaturated/α-hetero) is 3. The van der Waals surface area contributed by atoms with Crippen molar-refractivity contribution < 1.29 is 14.4 Å². The fraction of sp³-hybridized carbons (Fsp3) is 0.471. The predicted octanol–water partition coefficient (Wildman–Crippen LogP) is 4.07. The van der Waals surface area contributed by atoms with Gasteiger partial charge in [0.2, 0.25) is 0 Å². The molecule has 1 aromatic rings. The standard InChI is InChI=1S/C17H19BrO3S/c1-17(2)7-13(19)15(14(20)8-17)16(21)12-5-4-11(18)6-10(12)9-22-3/h4-6,15H,7-9H2,1-3H3. The Morgan fingerprint density at radius 1 is 1.27 bits per heavy atom. The number of hydrogen-bond acceptors (Lipinski definition) is 4. The van der Waals surface area contributed by atoms with Crippen molar-refractivity contribution in [3.8, 4) is 0 Å². The van der Waals surface area contributed by atoms with E-state index in [1.165, 1.54) is 0 Å². The summed E-state index contributed by atoms with van der Waals surface area (Å²) in [4.78, 5) is 37.4. The van der Waals surface area contributed by atoms with E-state index in [2.05, 4.69) is 15.9 Å². The lowest BCUT2D eigenvalue weighted by molar-refractivity contribution is -0.137. The van der Waals surface area contributed by atoms with Crippen molar-refractivity contribution in [1.29, 1.82) is 0 Å². The van der Waals surface area contributed by atoms with Crippen molar-refractivity contribution in [3.05, 3.63) is 33.8 Å². The van der Waals surface area contributed by atoms with E-state index < -0.39 is 5.92 Å². The average Bonchev–Trinajstić information content (AvgIpc) is 2.36. The highest BCUT2D eigenvalue weighted by atomic mass is 79.9. The number of carbonyl (C=O) groups excluding carboxylic acids is 3. The minimum atomic E-state index is -1.12. The van der Waals surface area contributed by atoms with Crippen LogP contribution >= 0.6 is 27.7 Å². The van der Waals surface area contributed by atoms with Crippen molar-refractivity contribution in [2.75, 3.05) is 6.26 Å². The summed E-state index contributed by atoms with van der Waals surface area (Å²) >= 11 is 5.00. The van der Waals surface area contributed by atoms with E-state index in [0.717, 1.165) is 10.0 Å². The Morgan fingerprint density at radius 3 is 2.41 bits per heavy atom. The van der Waals surface area contributed by atoms with Gasteiger partial charge in [0.1, 0.15) is 5.92 Å². The molecule has 1 fully saturated rings. The van der Waals surface area contributed by atoms with Crippen LogP contribution in [-0.2, 0) is 15.3 Å². The monoisotopic (exact) mass is 382 g/mol. The molecule has 0 aromatic heterocycles.